The molecule has 0 bridgehead atoms. The van der Waals surface area contributed by atoms with Crippen molar-refractivity contribution >= 4 is 0 Å². The van der Waals surface area contributed by atoms with E-state index in [0.717, 1.165) is 19.3 Å². The molecular formula is C11H23NO5. The van der Waals surface area contributed by atoms with Crippen molar-refractivity contribution in [2.75, 3.05) is 13.2 Å². The van der Waals surface area contributed by atoms with Crippen molar-refractivity contribution in [1.82, 2.24) is 0 Å². The standard InChI is InChI=1S/C11H23NO5/c12-9-7(4-2-1-3-5-13)17-8(6-14)10(15)11(9)16/h7-11,13-16H,1-6,12H2/t7-,8?,9?,10+,11?/m1/s1. The molecule has 17 heavy (non-hydrogen) atoms. The first kappa shape index (κ1) is 14.8. The van der Waals surface area contributed by atoms with Gasteiger partial charge in [-0.15, -0.1) is 0 Å². The summed E-state index contributed by atoms with van der Waals surface area (Å²) in [5, 5.41) is 37.0. The second-order valence-corrected chi connectivity index (χ2v) is 4.53. The van der Waals surface area contributed by atoms with Crippen LogP contribution in [0.25, 0.3) is 0 Å². The molecule has 0 radical (unpaired) electrons. The Morgan fingerprint density at radius 2 is 1.65 bits per heavy atom. The molecule has 0 aromatic rings. The van der Waals surface area contributed by atoms with Gasteiger partial charge in [-0.1, -0.05) is 12.8 Å². The first-order chi connectivity index (χ1) is 8.11. The van der Waals surface area contributed by atoms with Crippen molar-refractivity contribution in [3.63, 3.8) is 0 Å². The van der Waals surface area contributed by atoms with Crippen molar-refractivity contribution in [2.45, 2.75) is 56.1 Å². The first-order valence-electron chi connectivity index (χ1n) is 6.10. The fraction of sp³-hybridized carbons (Fsp3) is 1.00. The Labute approximate surface area is 101 Å². The molecule has 0 aromatic heterocycles. The highest BCUT2D eigenvalue weighted by molar-refractivity contribution is 4.94. The lowest BCUT2D eigenvalue weighted by Gasteiger charge is -2.41. The van der Waals surface area contributed by atoms with Crippen molar-refractivity contribution in [2.24, 2.45) is 5.73 Å². The zero-order valence-corrected chi connectivity index (χ0v) is 9.90. The van der Waals surface area contributed by atoms with Crippen molar-refractivity contribution < 1.29 is 25.2 Å². The normalized spacial score (nSPS) is 38.3. The number of aliphatic hydroxyl groups is 4. The molecule has 6 N–H and O–H groups in total. The smallest absolute Gasteiger partial charge is 0.110 e. The Hall–Kier alpha value is -0.240. The molecule has 1 aliphatic heterocycles. The van der Waals surface area contributed by atoms with Crippen LogP contribution in [-0.2, 0) is 4.74 Å². The van der Waals surface area contributed by atoms with Crippen LogP contribution in [0.15, 0.2) is 0 Å². The lowest BCUT2D eigenvalue weighted by atomic mass is 9.91. The highest BCUT2D eigenvalue weighted by Crippen LogP contribution is 2.23. The van der Waals surface area contributed by atoms with Crippen LogP contribution in [-0.4, -0.2) is 64.1 Å². The minimum atomic E-state index is -1.14. The highest BCUT2D eigenvalue weighted by Gasteiger charge is 2.41. The molecular weight excluding hydrogens is 226 g/mol. The summed E-state index contributed by atoms with van der Waals surface area (Å²) in [6, 6.07) is -0.637. The Bertz CT molecular complexity index is 214. The van der Waals surface area contributed by atoms with Crippen LogP contribution in [0.5, 0.6) is 0 Å². The third-order valence-corrected chi connectivity index (χ3v) is 3.23. The Morgan fingerprint density at radius 3 is 2.24 bits per heavy atom. The topological polar surface area (TPSA) is 116 Å². The third kappa shape index (κ3) is 3.87. The maximum absolute atomic E-state index is 9.71. The molecule has 0 aromatic carbocycles. The van der Waals surface area contributed by atoms with E-state index in [1.807, 2.05) is 0 Å². The number of hydrogen-bond donors (Lipinski definition) is 5. The predicted molar refractivity (Wildman–Crippen MR) is 61.3 cm³/mol. The second-order valence-electron chi connectivity index (χ2n) is 4.53. The van der Waals surface area contributed by atoms with Crippen LogP contribution in [0.3, 0.4) is 0 Å². The first-order valence-corrected chi connectivity index (χ1v) is 6.10. The number of hydrogen-bond acceptors (Lipinski definition) is 6. The Morgan fingerprint density at radius 1 is 0.941 bits per heavy atom. The summed E-state index contributed by atoms with van der Waals surface area (Å²) < 4.78 is 5.46. The van der Waals surface area contributed by atoms with Crippen LogP contribution >= 0.6 is 0 Å². The van der Waals surface area contributed by atoms with Gasteiger partial charge in [-0.05, 0) is 12.8 Å². The summed E-state index contributed by atoms with van der Waals surface area (Å²) in [5.74, 6) is 0. The van der Waals surface area contributed by atoms with E-state index in [2.05, 4.69) is 0 Å². The van der Waals surface area contributed by atoms with Gasteiger partial charge in [-0.3, -0.25) is 0 Å². The van der Waals surface area contributed by atoms with Crippen LogP contribution in [0, 0.1) is 0 Å². The molecule has 5 atom stereocenters. The van der Waals surface area contributed by atoms with Gasteiger partial charge in [0.25, 0.3) is 0 Å². The van der Waals surface area contributed by atoms with E-state index in [4.69, 9.17) is 20.7 Å². The summed E-state index contributed by atoms with van der Waals surface area (Å²) >= 11 is 0. The maximum Gasteiger partial charge on any atom is 0.110 e. The molecule has 0 spiro atoms. The summed E-state index contributed by atoms with van der Waals surface area (Å²) in [4.78, 5) is 0. The Balaban J connectivity index is 2.42. The molecule has 6 heteroatoms. The van der Waals surface area contributed by atoms with E-state index >= 15 is 0 Å². The van der Waals surface area contributed by atoms with Crippen LogP contribution in [0.4, 0.5) is 0 Å². The van der Waals surface area contributed by atoms with Gasteiger partial charge in [0.05, 0.1) is 18.8 Å². The molecule has 0 aliphatic carbocycles. The molecule has 1 fully saturated rings. The van der Waals surface area contributed by atoms with E-state index in [1.165, 1.54) is 0 Å². The van der Waals surface area contributed by atoms with Crippen molar-refractivity contribution in [3.05, 3.63) is 0 Å². The molecule has 1 saturated heterocycles. The average Bonchev–Trinajstić information content (AvgIpc) is 2.34. The van der Waals surface area contributed by atoms with Crippen LogP contribution < -0.4 is 5.73 Å². The van der Waals surface area contributed by atoms with E-state index < -0.39 is 24.4 Å². The van der Waals surface area contributed by atoms with Crippen LogP contribution in [0.2, 0.25) is 0 Å². The Kier molecular flexibility index (Phi) is 6.32. The van der Waals surface area contributed by atoms with Gasteiger partial charge in [0.1, 0.15) is 18.3 Å². The third-order valence-electron chi connectivity index (χ3n) is 3.23. The number of unbranched alkanes of at least 4 members (excludes halogenated alkanes) is 2. The van der Waals surface area contributed by atoms with E-state index in [0.29, 0.717) is 6.42 Å². The van der Waals surface area contributed by atoms with Crippen molar-refractivity contribution in [3.8, 4) is 0 Å². The predicted octanol–water partition coefficient (Wildman–Crippen LogP) is -1.65. The van der Waals surface area contributed by atoms with Gasteiger partial charge in [0, 0.05) is 6.61 Å². The summed E-state index contributed by atoms with van der Waals surface area (Å²) in [6.07, 6.45) is -0.243. The number of ether oxygens (including phenoxy) is 1. The minimum absolute atomic E-state index is 0.165. The zero-order valence-electron chi connectivity index (χ0n) is 9.90. The number of rotatable bonds is 6. The number of aliphatic hydroxyl groups excluding tert-OH is 4. The molecule has 0 amide bonds. The molecule has 3 unspecified atom stereocenters. The summed E-state index contributed by atoms with van der Waals surface area (Å²) in [7, 11) is 0. The lowest BCUT2D eigenvalue weighted by molar-refractivity contribution is -0.190. The van der Waals surface area contributed by atoms with Gasteiger partial charge < -0.3 is 30.9 Å². The monoisotopic (exact) mass is 249 g/mol. The molecule has 1 rings (SSSR count). The average molecular weight is 249 g/mol. The summed E-state index contributed by atoms with van der Waals surface area (Å²) in [6.45, 7) is -0.170. The fourth-order valence-electron chi connectivity index (χ4n) is 2.11. The molecule has 6 nitrogen and oxygen atoms in total. The van der Waals surface area contributed by atoms with Crippen LogP contribution in [0.1, 0.15) is 25.7 Å². The fourth-order valence-corrected chi connectivity index (χ4v) is 2.11. The van der Waals surface area contributed by atoms with Gasteiger partial charge >= 0.3 is 0 Å². The molecule has 0 saturated carbocycles. The lowest BCUT2D eigenvalue weighted by Crippen LogP contribution is -2.61. The molecule has 1 aliphatic rings. The molecule has 102 valence electrons. The summed E-state index contributed by atoms with van der Waals surface area (Å²) in [5.41, 5.74) is 5.78. The van der Waals surface area contributed by atoms with E-state index in [9.17, 15) is 10.2 Å². The highest BCUT2D eigenvalue weighted by atomic mass is 16.5. The quantitative estimate of drug-likeness (QED) is 0.360. The second kappa shape index (κ2) is 7.25. The SMILES string of the molecule is NC1C(O)[C@@H](O)C(CO)O[C@@H]1CCCCCO. The van der Waals surface area contributed by atoms with E-state index in [1.54, 1.807) is 0 Å². The van der Waals surface area contributed by atoms with E-state index in [-0.39, 0.29) is 19.3 Å². The van der Waals surface area contributed by atoms with Crippen molar-refractivity contribution in [1.29, 1.82) is 0 Å². The largest absolute Gasteiger partial charge is 0.396 e. The number of nitrogens with two attached hydrogens (primary N) is 1. The molecule has 1 heterocycles. The van der Waals surface area contributed by atoms with Gasteiger partial charge in [-0.2, -0.15) is 0 Å². The van der Waals surface area contributed by atoms with Gasteiger partial charge in [0.2, 0.25) is 0 Å². The van der Waals surface area contributed by atoms with Gasteiger partial charge in [-0.25, -0.2) is 0 Å². The zero-order chi connectivity index (χ0) is 12.8. The minimum Gasteiger partial charge on any atom is -0.396 e. The maximum atomic E-state index is 9.71. The van der Waals surface area contributed by atoms with Gasteiger partial charge in [0.15, 0.2) is 0 Å².